The van der Waals surface area contributed by atoms with E-state index in [0.29, 0.717) is 5.41 Å². The van der Waals surface area contributed by atoms with Crippen molar-refractivity contribution >= 4 is 16.0 Å². The zero-order chi connectivity index (χ0) is 10.2. The lowest BCUT2D eigenvalue weighted by molar-refractivity contribution is -0.118. The van der Waals surface area contributed by atoms with E-state index in [9.17, 15) is 13.2 Å². The fourth-order valence-electron chi connectivity index (χ4n) is 0.144. The molecule has 0 fully saturated rings. The lowest BCUT2D eigenvalue weighted by Crippen LogP contribution is -2.10. The maximum atomic E-state index is 9.86. The van der Waals surface area contributed by atoms with Crippen LogP contribution in [0.2, 0.25) is 0 Å². The number of carbonyl (C=O) groups is 1. The van der Waals surface area contributed by atoms with Crippen LogP contribution in [0.4, 0.5) is 0 Å². The van der Waals surface area contributed by atoms with Gasteiger partial charge in [0.2, 0.25) is 5.91 Å². The van der Waals surface area contributed by atoms with Crippen LogP contribution in [0.15, 0.2) is 24.8 Å². The molecule has 12 heavy (non-hydrogen) atoms. The van der Waals surface area contributed by atoms with E-state index >= 15 is 0 Å². The molecule has 0 aromatic carbocycles. The van der Waals surface area contributed by atoms with E-state index in [1.165, 1.54) is 13.1 Å². The largest absolute Gasteiger partial charge is 0.334 e. The van der Waals surface area contributed by atoms with Crippen molar-refractivity contribution in [2.24, 2.45) is 0 Å². The van der Waals surface area contributed by atoms with Crippen LogP contribution in [0, 0.1) is 0 Å². The first-order valence-electron chi connectivity index (χ1n) is 2.81. The van der Waals surface area contributed by atoms with Crippen LogP contribution in [0.1, 0.15) is 6.92 Å². The van der Waals surface area contributed by atoms with Crippen molar-refractivity contribution in [2.75, 3.05) is 0 Å². The van der Waals surface area contributed by atoms with Gasteiger partial charge in [-0.15, -0.1) is 0 Å². The third-order valence-corrected chi connectivity index (χ3v) is 0.937. The van der Waals surface area contributed by atoms with Crippen molar-refractivity contribution in [3.63, 3.8) is 0 Å². The van der Waals surface area contributed by atoms with E-state index in [1.807, 2.05) is 0 Å². The van der Waals surface area contributed by atoms with E-state index in [0.717, 1.165) is 0 Å². The van der Waals surface area contributed by atoms with Crippen molar-refractivity contribution in [3.8, 4) is 0 Å². The summed E-state index contributed by atoms with van der Waals surface area (Å²) in [7, 11) is -3.90. The van der Waals surface area contributed by atoms with Gasteiger partial charge in [-0.3, -0.25) is 9.35 Å². The number of hydrogen-bond donors (Lipinski definition) is 2. The molecule has 0 atom stereocenters. The quantitative estimate of drug-likeness (QED) is 0.617. The Morgan fingerprint density at radius 3 is 1.83 bits per heavy atom. The summed E-state index contributed by atoms with van der Waals surface area (Å²) in [4.78, 5) is 9.86. The van der Waals surface area contributed by atoms with E-state index in [1.54, 1.807) is 0 Å². The molecular formula is C6H11NO4S. The second-order valence-corrected chi connectivity index (χ2v) is 2.95. The normalized spacial score (nSPS) is 8.83. The Bertz CT molecular complexity index is 243. The number of rotatable bonds is 2. The van der Waals surface area contributed by atoms with Crippen molar-refractivity contribution < 1.29 is 17.8 Å². The average Bonchev–Trinajstić information content (AvgIpc) is 1.87. The first-order chi connectivity index (χ1) is 5.33. The Morgan fingerprint density at radius 1 is 1.50 bits per heavy atom. The fourth-order valence-corrected chi connectivity index (χ4v) is 0.144. The van der Waals surface area contributed by atoms with Crippen molar-refractivity contribution in [3.05, 3.63) is 24.8 Å². The highest BCUT2D eigenvalue weighted by atomic mass is 32.2. The van der Waals surface area contributed by atoms with Crippen LogP contribution < -0.4 is 5.32 Å². The van der Waals surface area contributed by atoms with E-state index in [4.69, 9.17) is 4.55 Å². The number of amides is 1. The summed E-state index contributed by atoms with van der Waals surface area (Å²) in [6, 6.07) is 0. The Labute approximate surface area is 71.5 Å². The number of carbonyl (C=O) groups excluding carboxylic acids is 1. The maximum Gasteiger partial charge on any atom is 0.287 e. The van der Waals surface area contributed by atoms with Crippen LogP contribution in [0.5, 0.6) is 0 Å². The molecule has 0 aromatic heterocycles. The summed E-state index contributed by atoms with van der Waals surface area (Å²) < 4.78 is 26.6. The molecule has 0 saturated heterocycles. The standard InChI is InChI=1S/C4H7NO.C2H4O3S/c1-3-5-4(2)6;1-2-6(3,4)5/h3H,1H2,2H3,(H,5,6);2H,1H2,(H,3,4,5). The Hall–Kier alpha value is -1.14. The minimum absolute atomic E-state index is 0.0787. The van der Waals surface area contributed by atoms with Crippen molar-refractivity contribution in [2.45, 2.75) is 6.92 Å². The maximum absolute atomic E-state index is 9.86. The minimum Gasteiger partial charge on any atom is -0.334 e. The molecule has 6 heteroatoms. The molecule has 0 aromatic rings. The van der Waals surface area contributed by atoms with E-state index < -0.39 is 10.1 Å². The highest BCUT2D eigenvalue weighted by Gasteiger charge is 1.87. The van der Waals surface area contributed by atoms with Gasteiger partial charge in [0, 0.05) is 6.92 Å². The Balaban J connectivity index is 0. The molecule has 1 amide bonds. The van der Waals surface area contributed by atoms with Gasteiger partial charge in [0.15, 0.2) is 0 Å². The third-order valence-electron chi connectivity index (χ3n) is 0.516. The average molecular weight is 193 g/mol. The van der Waals surface area contributed by atoms with Crippen LogP contribution >= 0.6 is 0 Å². The van der Waals surface area contributed by atoms with Gasteiger partial charge in [-0.25, -0.2) is 0 Å². The topological polar surface area (TPSA) is 83.5 Å². The molecule has 0 rings (SSSR count). The monoisotopic (exact) mass is 193 g/mol. The first-order valence-corrected chi connectivity index (χ1v) is 4.31. The molecular weight excluding hydrogens is 182 g/mol. The Kier molecular flexibility index (Phi) is 7.36. The fraction of sp³-hybridized carbons (Fsp3) is 0.167. The van der Waals surface area contributed by atoms with Crippen molar-refractivity contribution in [1.82, 2.24) is 5.32 Å². The lowest BCUT2D eigenvalue weighted by atomic mass is 10.7. The third kappa shape index (κ3) is 23.2. The molecule has 5 nitrogen and oxygen atoms in total. The SMILES string of the molecule is C=CNC(C)=O.C=CS(=O)(=O)O. The van der Waals surface area contributed by atoms with Crippen LogP contribution in [0.25, 0.3) is 0 Å². The summed E-state index contributed by atoms with van der Waals surface area (Å²) in [6.07, 6.45) is 1.35. The summed E-state index contributed by atoms with van der Waals surface area (Å²) in [5, 5.41) is 2.80. The van der Waals surface area contributed by atoms with Crippen LogP contribution in [-0.2, 0) is 14.9 Å². The summed E-state index contributed by atoms with van der Waals surface area (Å²) in [6.45, 7) is 7.50. The van der Waals surface area contributed by atoms with E-state index in [2.05, 4.69) is 18.5 Å². The molecule has 0 saturated carbocycles. The Morgan fingerprint density at radius 2 is 1.83 bits per heavy atom. The zero-order valence-corrected chi connectivity index (χ0v) is 7.47. The predicted octanol–water partition coefficient (Wildman–Crippen LogP) is 0.284. The summed E-state index contributed by atoms with van der Waals surface area (Å²) in [5.41, 5.74) is 0. The van der Waals surface area contributed by atoms with Gasteiger partial charge in [-0.1, -0.05) is 13.2 Å². The van der Waals surface area contributed by atoms with Gasteiger partial charge in [-0.05, 0) is 6.20 Å². The first kappa shape index (κ1) is 13.4. The zero-order valence-electron chi connectivity index (χ0n) is 6.65. The summed E-state index contributed by atoms with van der Waals surface area (Å²) in [5.74, 6) is -0.0787. The van der Waals surface area contributed by atoms with Crippen molar-refractivity contribution in [1.29, 1.82) is 0 Å². The number of hydrogen-bond acceptors (Lipinski definition) is 3. The second-order valence-electron chi connectivity index (χ2n) is 1.59. The summed E-state index contributed by atoms with van der Waals surface area (Å²) >= 11 is 0. The molecule has 0 heterocycles. The molecule has 0 aliphatic rings. The molecule has 70 valence electrons. The molecule has 0 aliphatic heterocycles. The molecule has 0 aliphatic carbocycles. The highest BCUT2D eigenvalue weighted by Crippen LogP contribution is 1.75. The van der Waals surface area contributed by atoms with Gasteiger partial charge in [0.05, 0.1) is 5.41 Å². The smallest absolute Gasteiger partial charge is 0.287 e. The molecule has 0 bridgehead atoms. The lowest BCUT2D eigenvalue weighted by Gasteiger charge is -1.83. The molecule has 0 radical (unpaired) electrons. The second kappa shape index (κ2) is 6.56. The molecule has 0 spiro atoms. The molecule has 0 unspecified atom stereocenters. The van der Waals surface area contributed by atoms with E-state index in [-0.39, 0.29) is 5.91 Å². The van der Waals surface area contributed by atoms with Crippen LogP contribution in [-0.4, -0.2) is 18.9 Å². The van der Waals surface area contributed by atoms with Crippen LogP contribution in [0.3, 0.4) is 0 Å². The van der Waals surface area contributed by atoms with Gasteiger partial charge in [0.25, 0.3) is 10.1 Å². The predicted molar refractivity (Wildman–Crippen MR) is 45.8 cm³/mol. The van der Waals surface area contributed by atoms with Gasteiger partial charge in [-0.2, -0.15) is 8.42 Å². The van der Waals surface area contributed by atoms with Gasteiger partial charge < -0.3 is 5.32 Å². The number of nitrogens with one attached hydrogen (secondary N) is 1. The van der Waals surface area contributed by atoms with Gasteiger partial charge in [0.1, 0.15) is 0 Å². The van der Waals surface area contributed by atoms with Gasteiger partial charge >= 0.3 is 0 Å². The highest BCUT2D eigenvalue weighted by molar-refractivity contribution is 7.88. The minimum atomic E-state index is -3.90. The molecule has 2 N–H and O–H groups in total.